The van der Waals surface area contributed by atoms with Crippen molar-refractivity contribution in [1.29, 1.82) is 0 Å². The van der Waals surface area contributed by atoms with E-state index in [1.54, 1.807) is 0 Å². The Morgan fingerprint density at radius 3 is 2.60 bits per heavy atom. The Hall–Kier alpha value is -0.280. The Labute approximate surface area is 66.2 Å². The van der Waals surface area contributed by atoms with Crippen molar-refractivity contribution >= 4 is 18.4 Å². The lowest BCUT2D eigenvalue weighted by molar-refractivity contribution is -0.142. The van der Waals surface area contributed by atoms with Crippen LogP contribution in [0.15, 0.2) is 0 Å². The summed E-state index contributed by atoms with van der Waals surface area (Å²) in [6.07, 6.45) is 1.83. The molecular formula is C6H12ClNO2. The molecule has 0 aliphatic carbocycles. The van der Waals surface area contributed by atoms with Gasteiger partial charge in [-0.25, -0.2) is 0 Å². The molecule has 0 amide bonds. The lowest BCUT2D eigenvalue weighted by atomic mass is 10.0. The Bertz CT molecular complexity index is 112. The smallest absolute Gasteiger partial charge is 0.307 e. The summed E-state index contributed by atoms with van der Waals surface area (Å²) in [5.41, 5.74) is 0. The summed E-state index contributed by atoms with van der Waals surface area (Å²) in [6, 6.07) is 0. The molecule has 0 bridgehead atoms. The number of hydrogen-bond acceptors (Lipinski definition) is 2. The quantitative estimate of drug-likeness (QED) is 0.595. The molecule has 0 radical (unpaired) electrons. The molecule has 1 fully saturated rings. The van der Waals surface area contributed by atoms with Crippen LogP contribution >= 0.6 is 12.4 Å². The van der Waals surface area contributed by atoms with Crippen LogP contribution in [0.3, 0.4) is 0 Å². The maximum Gasteiger partial charge on any atom is 0.307 e. The fourth-order valence-electron chi connectivity index (χ4n) is 1.06. The van der Waals surface area contributed by atoms with Crippen molar-refractivity contribution in [3.8, 4) is 0 Å². The van der Waals surface area contributed by atoms with Crippen molar-refractivity contribution in [3.63, 3.8) is 0 Å². The summed E-state index contributed by atoms with van der Waals surface area (Å²) in [5, 5.41) is 11.5. The first kappa shape index (κ1) is 9.72. The third-order valence-corrected chi connectivity index (χ3v) is 1.65. The topological polar surface area (TPSA) is 49.3 Å². The molecule has 0 aromatic heterocycles. The Balaban J connectivity index is 0.000000810. The average Bonchev–Trinajstić information content (AvgIpc) is 1.90. The number of hydrogen-bond donors (Lipinski definition) is 2. The molecule has 0 aromatic carbocycles. The molecule has 1 unspecified atom stereocenters. The minimum absolute atomic E-state index is 0. The molecule has 4 heteroatoms. The highest BCUT2D eigenvalue weighted by Crippen LogP contribution is 2.08. The maximum atomic E-state index is 10.3. The first-order chi connectivity index (χ1) is 4.30. The van der Waals surface area contributed by atoms with Crippen molar-refractivity contribution in [1.82, 2.24) is 5.32 Å². The Morgan fingerprint density at radius 1 is 1.60 bits per heavy atom. The largest absolute Gasteiger partial charge is 0.481 e. The highest BCUT2D eigenvalue weighted by Gasteiger charge is 2.18. The molecule has 1 atom stereocenters. The molecule has 1 heterocycles. The summed E-state index contributed by atoms with van der Waals surface area (Å²) in [6.45, 7) is 1.62. The molecule has 1 aliphatic rings. The van der Waals surface area contributed by atoms with E-state index in [2.05, 4.69) is 5.32 Å². The van der Waals surface area contributed by atoms with Gasteiger partial charge in [0.25, 0.3) is 0 Å². The molecule has 0 spiro atoms. The van der Waals surface area contributed by atoms with Crippen LogP contribution in [0.1, 0.15) is 12.8 Å². The minimum atomic E-state index is -0.665. The van der Waals surface area contributed by atoms with Gasteiger partial charge in [0.1, 0.15) is 0 Å². The van der Waals surface area contributed by atoms with E-state index in [-0.39, 0.29) is 18.3 Å². The zero-order valence-electron chi connectivity index (χ0n) is 5.67. The summed E-state index contributed by atoms with van der Waals surface area (Å²) >= 11 is 0. The van der Waals surface area contributed by atoms with Crippen LogP contribution in [0.2, 0.25) is 0 Å². The number of carbonyl (C=O) groups is 1. The van der Waals surface area contributed by atoms with Gasteiger partial charge in [0.2, 0.25) is 0 Å². The summed E-state index contributed by atoms with van der Waals surface area (Å²) < 4.78 is 0. The van der Waals surface area contributed by atoms with E-state index in [4.69, 9.17) is 5.11 Å². The minimum Gasteiger partial charge on any atom is -0.481 e. The number of piperidine rings is 1. The zero-order chi connectivity index (χ0) is 6.69. The third kappa shape index (κ3) is 2.54. The lowest BCUT2D eigenvalue weighted by Crippen LogP contribution is -2.34. The molecule has 1 rings (SSSR count). The van der Waals surface area contributed by atoms with E-state index in [0.29, 0.717) is 6.54 Å². The second kappa shape index (κ2) is 4.52. The van der Waals surface area contributed by atoms with Gasteiger partial charge in [-0.15, -0.1) is 12.4 Å². The van der Waals surface area contributed by atoms with Crippen LogP contribution in [0, 0.1) is 5.92 Å². The summed E-state index contributed by atoms with van der Waals surface area (Å²) in [5.74, 6) is -0.805. The van der Waals surface area contributed by atoms with Gasteiger partial charge in [-0.2, -0.15) is 0 Å². The highest BCUT2D eigenvalue weighted by atomic mass is 35.5. The van der Waals surface area contributed by atoms with Gasteiger partial charge in [-0.3, -0.25) is 4.79 Å². The van der Waals surface area contributed by atoms with Crippen LogP contribution in [0.25, 0.3) is 0 Å². The molecule has 3 nitrogen and oxygen atoms in total. The van der Waals surface area contributed by atoms with Crippen LogP contribution in [-0.2, 0) is 4.79 Å². The van der Waals surface area contributed by atoms with Crippen molar-refractivity contribution in [2.75, 3.05) is 13.1 Å². The van der Waals surface area contributed by atoms with Crippen LogP contribution < -0.4 is 5.32 Å². The van der Waals surface area contributed by atoms with Gasteiger partial charge in [-0.05, 0) is 19.4 Å². The van der Waals surface area contributed by atoms with Crippen molar-refractivity contribution in [2.45, 2.75) is 12.8 Å². The van der Waals surface area contributed by atoms with Crippen LogP contribution in [0.5, 0.6) is 0 Å². The molecular weight excluding hydrogens is 154 g/mol. The monoisotopic (exact) mass is 165 g/mol. The van der Waals surface area contributed by atoms with Gasteiger partial charge in [0.05, 0.1) is 5.92 Å². The standard InChI is InChI=1S/C6H11NO2.ClH/c8-6(9)5-2-1-3-7-4-5;/h5,7H,1-4H2,(H,8,9);1H. The van der Waals surface area contributed by atoms with E-state index in [9.17, 15) is 4.79 Å². The van der Waals surface area contributed by atoms with Crippen molar-refractivity contribution < 1.29 is 9.90 Å². The Morgan fingerprint density at radius 2 is 2.30 bits per heavy atom. The van der Waals surface area contributed by atoms with Gasteiger partial charge in [-0.1, -0.05) is 0 Å². The van der Waals surface area contributed by atoms with E-state index in [0.717, 1.165) is 19.4 Å². The van der Waals surface area contributed by atoms with Crippen molar-refractivity contribution in [3.05, 3.63) is 0 Å². The average molecular weight is 166 g/mol. The predicted molar refractivity (Wildman–Crippen MR) is 40.5 cm³/mol. The molecule has 10 heavy (non-hydrogen) atoms. The molecule has 0 aromatic rings. The van der Waals surface area contributed by atoms with Gasteiger partial charge in [0, 0.05) is 6.54 Å². The van der Waals surface area contributed by atoms with E-state index >= 15 is 0 Å². The zero-order valence-corrected chi connectivity index (χ0v) is 6.49. The van der Waals surface area contributed by atoms with Gasteiger partial charge >= 0.3 is 5.97 Å². The van der Waals surface area contributed by atoms with E-state index in [1.165, 1.54) is 0 Å². The summed E-state index contributed by atoms with van der Waals surface area (Å²) in [4.78, 5) is 10.3. The third-order valence-electron chi connectivity index (χ3n) is 1.65. The van der Waals surface area contributed by atoms with Gasteiger partial charge in [0.15, 0.2) is 0 Å². The lowest BCUT2D eigenvalue weighted by Gasteiger charge is -2.18. The fraction of sp³-hybridized carbons (Fsp3) is 0.833. The first-order valence-electron chi connectivity index (χ1n) is 3.24. The number of carboxylic acids is 1. The number of halogens is 1. The SMILES string of the molecule is Cl.O=C(O)C1CCCNC1. The molecule has 1 aliphatic heterocycles. The normalized spacial score (nSPS) is 25.0. The number of nitrogens with one attached hydrogen (secondary N) is 1. The predicted octanol–water partition coefficient (Wildman–Crippen LogP) is 0.492. The van der Waals surface area contributed by atoms with Crippen LogP contribution in [-0.4, -0.2) is 24.2 Å². The van der Waals surface area contributed by atoms with E-state index in [1.807, 2.05) is 0 Å². The van der Waals surface area contributed by atoms with Crippen molar-refractivity contribution in [2.24, 2.45) is 5.92 Å². The number of carboxylic acid groups (broad SMARTS) is 1. The number of aliphatic carboxylic acids is 1. The molecule has 0 saturated carbocycles. The second-order valence-corrected chi connectivity index (χ2v) is 2.38. The number of rotatable bonds is 1. The van der Waals surface area contributed by atoms with Gasteiger partial charge < -0.3 is 10.4 Å². The highest BCUT2D eigenvalue weighted by molar-refractivity contribution is 5.85. The van der Waals surface area contributed by atoms with Crippen LogP contribution in [0.4, 0.5) is 0 Å². The molecule has 2 N–H and O–H groups in total. The first-order valence-corrected chi connectivity index (χ1v) is 3.24. The summed E-state index contributed by atoms with van der Waals surface area (Å²) in [7, 11) is 0. The molecule has 60 valence electrons. The second-order valence-electron chi connectivity index (χ2n) is 2.38. The van der Waals surface area contributed by atoms with E-state index < -0.39 is 5.97 Å². The fourth-order valence-corrected chi connectivity index (χ4v) is 1.06. The Kier molecular flexibility index (Phi) is 4.40. The maximum absolute atomic E-state index is 10.3. The molecule has 1 saturated heterocycles.